The number of hydrogen-bond donors (Lipinski definition) is 1. The third-order valence-corrected chi connectivity index (χ3v) is 8.98. The Bertz CT molecular complexity index is 1470. The Labute approximate surface area is 259 Å². The summed E-state index contributed by atoms with van der Waals surface area (Å²) >= 11 is 12.4. The molecule has 0 aliphatic rings. The molecule has 3 aromatic rings. The predicted molar refractivity (Wildman–Crippen MR) is 171 cm³/mol. The van der Waals surface area contributed by atoms with Crippen molar-refractivity contribution in [2.75, 3.05) is 17.1 Å². The molecule has 3 rings (SSSR count). The van der Waals surface area contributed by atoms with Crippen LogP contribution in [-0.2, 0) is 32.6 Å². The first-order chi connectivity index (χ1) is 19.9. The Balaban J connectivity index is 1.91. The molecule has 0 saturated carbocycles. The van der Waals surface area contributed by atoms with Gasteiger partial charge in [0.2, 0.25) is 21.8 Å². The zero-order valence-electron chi connectivity index (χ0n) is 24.5. The summed E-state index contributed by atoms with van der Waals surface area (Å²) in [7, 11) is -3.58. The van der Waals surface area contributed by atoms with Crippen LogP contribution in [0.4, 0.5) is 5.69 Å². The number of nitrogens with zero attached hydrogens (tertiary/aromatic N) is 2. The van der Waals surface area contributed by atoms with E-state index in [1.165, 1.54) is 4.31 Å². The molecule has 0 radical (unpaired) electrons. The third-order valence-electron chi connectivity index (χ3n) is 7.05. The van der Waals surface area contributed by atoms with Crippen LogP contribution < -0.4 is 9.62 Å². The van der Waals surface area contributed by atoms with Gasteiger partial charge in [0.25, 0.3) is 0 Å². The number of anilines is 1. The number of nitrogens with one attached hydrogen (secondary N) is 1. The number of halogens is 2. The maximum atomic E-state index is 13.9. The van der Waals surface area contributed by atoms with Gasteiger partial charge >= 0.3 is 0 Å². The van der Waals surface area contributed by atoms with Crippen LogP contribution in [0.15, 0.2) is 72.8 Å². The quantitative estimate of drug-likeness (QED) is 0.223. The monoisotopic (exact) mass is 631 g/mol. The smallest absolute Gasteiger partial charge is 0.243 e. The number of carbonyl (C=O) groups excluding carboxylic acids is 2. The van der Waals surface area contributed by atoms with E-state index in [9.17, 15) is 18.0 Å². The maximum Gasteiger partial charge on any atom is 0.243 e. The summed E-state index contributed by atoms with van der Waals surface area (Å²) in [5.74, 6) is -0.516. The van der Waals surface area contributed by atoms with E-state index >= 15 is 0 Å². The second-order valence-electron chi connectivity index (χ2n) is 10.6. The highest BCUT2D eigenvalue weighted by atomic mass is 35.5. The first-order valence-electron chi connectivity index (χ1n) is 14.0. The highest BCUT2D eigenvalue weighted by Crippen LogP contribution is 2.25. The molecular weight excluding hydrogens is 593 g/mol. The Hall–Kier alpha value is -3.07. The minimum Gasteiger partial charge on any atom is -0.352 e. The Morgan fingerprint density at radius 3 is 2.26 bits per heavy atom. The molecule has 2 atom stereocenters. The highest BCUT2D eigenvalue weighted by Gasteiger charge is 2.31. The normalized spacial score (nSPS) is 12.8. The van der Waals surface area contributed by atoms with Crippen molar-refractivity contribution in [2.24, 2.45) is 0 Å². The maximum absolute atomic E-state index is 13.9. The average molecular weight is 633 g/mol. The molecule has 0 aliphatic carbocycles. The van der Waals surface area contributed by atoms with E-state index in [-0.39, 0.29) is 43.8 Å². The molecule has 10 heteroatoms. The van der Waals surface area contributed by atoms with Crippen LogP contribution in [-0.4, -0.2) is 50.0 Å². The zero-order valence-corrected chi connectivity index (χ0v) is 26.8. The standard InChI is InChI=1S/C32H39Cl2N3O4S/c1-5-24(3)35-32(39)30(21-25-12-7-6-8-13-25)36(22-26-16-17-28(33)29(34)20-26)31(38)15-10-18-37(42(4,40)41)27-14-9-11-23(2)19-27/h6-9,11-14,16-17,19-20,24,30H,5,10,15,18,21-22H2,1-4H3,(H,35,39). The lowest BCUT2D eigenvalue weighted by Crippen LogP contribution is -2.52. The van der Waals surface area contributed by atoms with Crippen molar-refractivity contribution in [2.45, 2.75) is 65.1 Å². The fraction of sp³-hybridized carbons (Fsp3) is 0.375. The molecule has 0 spiro atoms. The van der Waals surface area contributed by atoms with Crippen LogP contribution >= 0.6 is 23.2 Å². The van der Waals surface area contributed by atoms with Crippen LogP contribution in [0.2, 0.25) is 10.0 Å². The molecule has 7 nitrogen and oxygen atoms in total. The van der Waals surface area contributed by atoms with Gasteiger partial charge in [0.15, 0.2) is 0 Å². The Morgan fingerprint density at radius 1 is 0.929 bits per heavy atom. The molecule has 226 valence electrons. The summed E-state index contributed by atoms with van der Waals surface area (Å²) in [5, 5.41) is 3.79. The fourth-order valence-corrected chi connectivity index (χ4v) is 5.89. The van der Waals surface area contributed by atoms with Crippen LogP contribution in [0, 0.1) is 6.92 Å². The van der Waals surface area contributed by atoms with Crippen molar-refractivity contribution in [1.82, 2.24) is 10.2 Å². The van der Waals surface area contributed by atoms with Crippen LogP contribution in [0.3, 0.4) is 0 Å². The first kappa shape index (κ1) is 33.4. The molecule has 3 aromatic carbocycles. The van der Waals surface area contributed by atoms with E-state index in [0.717, 1.165) is 29.4 Å². The van der Waals surface area contributed by atoms with Gasteiger partial charge in [-0.15, -0.1) is 0 Å². The van der Waals surface area contributed by atoms with E-state index in [1.807, 2.05) is 57.2 Å². The predicted octanol–water partition coefficient (Wildman–Crippen LogP) is 6.40. The number of hydrogen-bond acceptors (Lipinski definition) is 4. The van der Waals surface area contributed by atoms with Crippen LogP contribution in [0.1, 0.15) is 49.8 Å². The molecule has 0 bridgehead atoms. The molecule has 0 aromatic heterocycles. The number of aryl methyl sites for hydroxylation is 1. The highest BCUT2D eigenvalue weighted by molar-refractivity contribution is 7.92. The molecule has 0 heterocycles. The first-order valence-corrected chi connectivity index (χ1v) is 16.6. The van der Waals surface area contributed by atoms with Crippen molar-refractivity contribution in [1.29, 1.82) is 0 Å². The second kappa shape index (κ2) is 15.4. The molecule has 2 unspecified atom stereocenters. The zero-order chi connectivity index (χ0) is 30.9. The number of sulfonamides is 1. The number of carbonyl (C=O) groups is 2. The van der Waals surface area contributed by atoms with E-state index in [0.29, 0.717) is 22.2 Å². The van der Waals surface area contributed by atoms with Gasteiger partial charge in [0.05, 0.1) is 22.0 Å². The Morgan fingerprint density at radius 2 is 1.64 bits per heavy atom. The van der Waals surface area contributed by atoms with Gasteiger partial charge in [-0.1, -0.05) is 78.7 Å². The van der Waals surface area contributed by atoms with Gasteiger partial charge in [-0.05, 0) is 67.6 Å². The lowest BCUT2D eigenvalue weighted by atomic mass is 10.0. The van der Waals surface area contributed by atoms with Gasteiger partial charge < -0.3 is 10.2 Å². The largest absolute Gasteiger partial charge is 0.352 e. The summed E-state index contributed by atoms with van der Waals surface area (Å²) in [6, 6.07) is 21.1. The molecule has 0 fully saturated rings. The van der Waals surface area contributed by atoms with Gasteiger partial charge in [-0.2, -0.15) is 0 Å². The fourth-order valence-electron chi connectivity index (χ4n) is 4.62. The van der Waals surface area contributed by atoms with E-state index in [1.54, 1.807) is 41.3 Å². The molecule has 1 N–H and O–H groups in total. The second-order valence-corrected chi connectivity index (χ2v) is 13.3. The summed E-state index contributed by atoms with van der Waals surface area (Å²) in [5.41, 5.74) is 3.12. The van der Waals surface area contributed by atoms with Gasteiger partial charge in [-0.25, -0.2) is 8.42 Å². The summed E-state index contributed by atoms with van der Waals surface area (Å²) in [6.45, 7) is 6.06. The molecular formula is C32H39Cl2N3O4S. The molecule has 0 saturated heterocycles. The average Bonchev–Trinajstić information content (AvgIpc) is 2.94. The topological polar surface area (TPSA) is 86.8 Å². The number of amides is 2. The van der Waals surface area contributed by atoms with Crippen LogP contribution in [0.5, 0.6) is 0 Å². The lowest BCUT2D eigenvalue weighted by Gasteiger charge is -2.33. The number of rotatable bonds is 14. The van der Waals surface area contributed by atoms with Crippen molar-refractivity contribution in [3.63, 3.8) is 0 Å². The van der Waals surface area contributed by atoms with Gasteiger partial charge in [0, 0.05) is 32.0 Å². The van der Waals surface area contributed by atoms with Gasteiger partial charge in [0.1, 0.15) is 6.04 Å². The SMILES string of the molecule is CCC(C)NC(=O)C(Cc1ccccc1)N(Cc1ccc(Cl)c(Cl)c1)C(=O)CCCN(c1cccc(C)c1)S(C)(=O)=O. The lowest BCUT2D eigenvalue weighted by molar-refractivity contribution is -0.141. The minimum atomic E-state index is -3.58. The minimum absolute atomic E-state index is 0.0427. The number of benzene rings is 3. The van der Waals surface area contributed by atoms with Crippen molar-refractivity contribution < 1.29 is 18.0 Å². The third kappa shape index (κ3) is 9.75. The van der Waals surface area contributed by atoms with Crippen LogP contribution in [0.25, 0.3) is 0 Å². The summed E-state index contributed by atoms with van der Waals surface area (Å²) < 4.78 is 26.6. The van der Waals surface area contributed by atoms with E-state index in [4.69, 9.17) is 23.2 Å². The summed E-state index contributed by atoms with van der Waals surface area (Å²) in [4.78, 5) is 29.2. The van der Waals surface area contributed by atoms with Crippen molar-refractivity contribution in [3.8, 4) is 0 Å². The summed E-state index contributed by atoms with van der Waals surface area (Å²) in [6.07, 6.45) is 2.52. The van der Waals surface area contributed by atoms with Crippen molar-refractivity contribution in [3.05, 3.63) is 99.5 Å². The van der Waals surface area contributed by atoms with E-state index < -0.39 is 16.1 Å². The molecule has 0 aliphatic heterocycles. The Kier molecular flexibility index (Phi) is 12.3. The van der Waals surface area contributed by atoms with Crippen molar-refractivity contribution >= 4 is 50.7 Å². The molecule has 42 heavy (non-hydrogen) atoms. The molecule has 2 amide bonds. The van der Waals surface area contributed by atoms with Gasteiger partial charge in [-0.3, -0.25) is 13.9 Å². The van der Waals surface area contributed by atoms with E-state index in [2.05, 4.69) is 5.32 Å².